The van der Waals surface area contributed by atoms with E-state index in [1.807, 2.05) is 0 Å². The minimum Gasteiger partial charge on any atom is -0.174 e. The van der Waals surface area contributed by atoms with E-state index in [4.69, 9.17) is 0 Å². The Morgan fingerprint density at radius 3 is 0.667 bits per heavy atom. The maximum Gasteiger partial charge on any atom is 0.431 e. The van der Waals surface area contributed by atoms with Gasteiger partial charge in [0.1, 0.15) is 0 Å². The first-order valence-electron chi connectivity index (χ1n) is 1.58. The van der Waals surface area contributed by atoms with Crippen molar-refractivity contribution in [2.24, 2.45) is 0 Å². The third-order valence-corrected chi connectivity index (χ3v) is 0. The van der Waals surface area contributed by atoms with Crippen LogP contribution < -0.4 is 0 Å². The van der Waals surface area contributed by atoms with E-state index in [0.29, 0.717) is 0 Å². The summed E-state index contributed by atoms with van der Waals surface area (Å²) in [4.78, 5) is 0. The molecule has 2 radical (unpaired) electrons. The molecular formula is CHF9OS. The van der Waals surface area contributed by atoms with Crippen LogP contribution in [-0.4, -0.2) is 6.68 Å². The summed E-state index contributed by atoms with van der Waals surface area (Å²) in [5.74, 6) is 0. The molecule has 0 aromatic carbocycles. The van der Waals surface area contributed by atoms with Crippen LogP contribution in [0.1, 0.15) is 0 Å². The van der Waals surface area contributed by atoms with Crippen molar-refractivity contribution in [2.45, 2.75) is 6.68 Å². The number of hydrogen-bond donors (Lipinski definition) is 0. The van der Waals surface area contributed by atoms with Crippen LogP contribution in [0.2, 0.25) is 0 Å². The van der Waals surface area contributed by atoms with E-state index in [2.05, 4.69) is 0 Å². The number of halogens is 9. The molecule has 0 heterocycles. The Morgan fingerprint density at radius 1 is 0.667 bits per heavy atom. The first kappa shape index (κ1) is 17.7. The van der Waals surface area contributed by atoms with Gasteiger partial charge in [-0.3, -0.25) is 0 Å². The van der Waals surface area contributed by atoms with Gasteiger partial charge in [-0.2, -0.15) is 13.2 Å². The predicted molar refractivity (Wildman–Crippen MR) is 22.0 cm³/mol. The van der Waals surface area contributed by atoms with E-state index in [1.165, 1.54) is 0 Å². The molecule has 0 aliphatic heterocycles. The molecule has 12 heavy (non-hydrogen) atoms. The van der Waals surface area contributed by atoms with Gasteiger partial charge in [-0.05, 0) is 0 Å². The van der Waals surface area contributed by atoms with E-state index in [9.17, 15) is 36.5 Å². The first-order valence-corrected chi connectivity index (χ1v) is 3.43. The van der Waals surface area contributed by atoms with Gasteiger partial charge >= 0.3 is 17.3 Å². The Labute approximate surface area is 60.5 Å². The SMILES string of the molecule is FC(F)F.FS(F)(F)(F)(F)F.[O]. The Kier molecular flexibility index (Phi) is 4.72. The molecular weight excluding hydrogens is 231 g/mol. The lowest BCUT2D eigenvalue weighted by Crippen LogP contribution is -1.92. The molecule has 0 saturated carbocycles. The lowest BCUT2D eigenvalue weighted by Gasteiger charge is -2.28. The van der Waals surface area contributed by atoms with Crippen molar-refractivity contribution < 1.29 is 42.0 Å². The van der Waals surface area contributed by atoms with E-state index < -0.39 is 17.3 Å². The van der Waals surface area contributed by atoms with Gasteiger partial charge < -0.3 is 0 Å². The fourth-order valence-electron chi connectivity index (χ4n) is 0. The van der Waals surface area contributed by atoms with Gasteiger partial charge in [-0.25, -0.2) is 0 Å². The van der Waals surface area contributed by atoms with Gasteiger partial charge in [0.05, 0.1) is 0 Å². The third kappa shape index (κ3) is 7120. The van der Waals surface area contributed by atoms with Gasteiger partial charge in [0.2, 0.25) is 0 Å². The summed E-state index contributed by atoms with van der Waals surface area (Å²) in [5.41, 5.74) is 0. The number of rotatable bonds is 0. The zero-order valence-electron chi connectivity index (χ0n) is 4.80. The molecule has 0 saturated heterocycles. The zero-order chi connectivity index (χ0) is 9.99. The highest BCUT2D eigenvalue weighted by atomic mass is 32.5. The highest BCUT2D eigenvalue weighted by molar-refractivity contribution is 8.41. The molecule has 1 nitrogen and oxygen atoms in total. The van der Waals surface area contributed by atoms with Crippen LogP contribution in [0.15, 0.2) is 0 Å². The maximum absolute atomic E-state index is 10.5. The summed E-state index contributed by atoms with van der Waals surface area (Å²) in [7, 11) is -10.5. The molecule has 0 unspecified atom stereocenters. The summed E-state index contributed by atoms with van der Waals surface area (Å²) >= 11 is 0. The van der Waals surface area contributed by atoms with Gasteiger partial charge in [-0.15, -0.1) is 0 Å². The van der Waals surface area contributed by atoms with Crippen LogP contribution in [0, 0.1) is 0 Å². The predicted octanol–water partition coefficient (Wildman–Crippen LogP) is 4.23. The van der Waals surface area contributed by atoms with Crippen molar-refractivity contribution in [3.8, 4) is 0 Å². The molecule has 0 amide bonds. The van der Waals surface area contributed by atoms with Crippen LogP contribution in [0.25, 0.3) is 0 Å². The summed E-state index contributed by atoms with van der Waals surface area (Å²) in [6, 6.07) is 0. The van der Waals surface area contributed by atoms with Crippen molar-refractivity contribution in [1.29, 1.82) is 0 Å². The van der Waals surface area contributed by atoms with Crippen LogP contribution in [0.4, 0.5) is 36.5 Å². The monoisotopic (exact) mass is 232 g/mol. The average molecular weight is 232 g/mol. The fraction of sp³-hybridized carbons (Fsp3) is 1.00. The lowest BCUT2D eigenvalue weighted by atomic mass is 11.6. The molecule has 0 aromatic heterocycles. The second kappa shape index (κ2) is 3.20. The molecule has 80 valence electrons. The van der Waals surface area contributed by atoms with Gasteiger partial charge in [0, 0.05) is 5.48 Å². The highest BCUT2D eigenvalue weighted by Crippen LogP contribution is 2.99. The Balaban J connectivity index is -0.000000142. The van der Waals surface area contributed by atoms with E-state index in [1.54, 1.807) is 0 Å². The summed E-state index contributed by atoms with van der Waals surface area (Å²) in [5, 5.41) is 0. The Hall–Kier alpha value is -0.320. The lowest BCUT2D eigenvalue weighted by molar-refractivity contribution is 0.00818. The smallest absolute Gasteiger partial charge is 0.174 e. The molecule has 0 aliphatic rings. The Bertz CT molecular complexity index is 101. The molecule has 0 aromatic rings. The fourth-order valence-corrected chi connectivity index (χ4v) is 0. The van der Waals surface area contributed by atoms with Crippen molar-refractivity contribution >= 4 is 10.6 Å². The minimum atomic E-state index is -10.5. The van der Waals surface area contributed by atoms with Crippen molar-refractivity contribution in [1.82, 2.24) is 0 Å². The molecule has 0 bridgehead atoms. The van der Waals surface area contributed by atoms with Crippen molar-refractivity contribution in [2.75, 3.05) is 0 Å². The summed E-state index contributed by atoms with van der Waals surface area (Å²) < 4.78 is 88.1. The van der Waals surface area contributed by atoms with E-state index in [-0.39, 0.29) is 5.48 Å². The minimum absolute atomic E-state index is 0. The topological polar surface area (TPSA) is 28.5 Å². The van der Waals surface area contributed by atoms with Gasteiger partial charge in [0.15, 0.2) is 0 Å². The average Bonchev–Trinajstić information content (AvgIpc) is 1.11. The molecule has 0 atom stereocenters. The molecule has 0 spiro atoms. The van der Waals surface area contributed by atoms with Gasteiger partial charge in [0.25, 0.3) is 0 Å². The van der Waals surface area contributed by atoms with Gasteiger partial charge in [-0.1, -0.05) is 23.3 Å². The second-order valence-electron chi connectivity index (χ2n) is 1.12. The van der Waals surface area contributed by atoms with Crippen LogP contribution in [-0.2, 0) is 5.48 Å². The maximum atomic E-state index is 9.85. The van der Waals surface area contributed by atoms with Crippen LogP contribution >= 0.6 is 10.6 Å². The zero-order valence-corrected chi connectivity index (χ0v) is 5.61. The first-order chi connectivity index (χ1) is 4.18. The molecule has 0 rings (SSSR count). The standard InChI is InChI=1S/CHF3.F6S.O/c2-1(3)4;1-7(2,3,4,5)6;/h1H;;. The van der Waals surface area contributed by atoms with Crippen molar-refractivity contribution in [3.63, 3.8) is 0 Å². The molecule has 0 fully saturated rings. The second-order valence-corrected chi connectivity index (χ2v) is 2.87. The van der Waals surface area contributed by atoms with Crippen LogP contribution in [0.3, 0.4) is 0 Å². The third-order valence-electron chi connectivity index (χ3n) is 0. The number of alkyl halides is 3. The summed E-state index contributed by atoms with van der Waals surface area (Å²) in [6.07, 6.45) is 0. The highest BCUT2D eigenvalue weighted by Gasteiger charge is 2.64. The normalized spacial score (nSPS) is 16.5. The molecule has 0 N–H and O–H groups in total. The molecule has 0 aliphatic carbocycles. The van der Waals surface area contributed by atoms with E-state index >= 15 is 0 Å². The quantitative estimate of drug-likeness (QED) is 0.559. The Morgan fingerprint density at radius 2 is 0.667 bits per heavy atom. The summed E-state index contributed by atoms with van der Waals surface area (Å²) in [6.45, 7) is -3.67. The van der Waals surface area contributed by atoms with E-state index in [0.717, 1.165) is 0 Å². The number of hydrogen-bond acceptors (Lipinski definition) is 0. The van der Waals surface area contributed by atoms with Crippen LogP contribution in [0.5, 0.6) is 0 Å². The molecule has 11 heteroatoms. The van der Waals surface area contributed by atoms with Crippen molar-refractivity contribution in [3.05, 3.63) is 0 Å². The largest absolute Gasteiger partial charge is 0.431 e.